The molecular formula is C26H31N3O5S. The lowest BCUT2D eigenvalue weighted by atomic mass is 10.1. The molecule has 9 heteroatoms. The Bertz CT molecular complexity index is 1300. The van der Waals surface area contributed by atoms with E-state index in [2.05, 4.69) is 10.3 Å². The number of carbonyl (C=O) groups is 1. The van der Waals surface area contributed by atoms with Gasteiger partial charge in [-0.1, -0.05) is 18.6 Å². The molecule has 0 saturated carbocycles. The number of pyridine rings is 1. The molecule has 4 rings (SSSR count). The van der Waals surface area contributed by atoms with Gasteiger partial charge in [-0.3, -0.25) is 9.78 Å². The second-order valence-corrected chi connectivity index (χ2v) is 10.6. The van der Waals surface area contributed by atoms with Gasteiger partial charge in [0.25, 0.3) is 0 Å². The molecule has 1 atom stereocenters. The number of amides is 1. The highest BCUT2D eigenvalue weighted by molar-refractivity contribution is 7.89. The second kappa shape index (κ2) is 10.7. The molecule has 35 heavy (non-hydrogen) atoms. The van der Waals surface area contributed by atoms with Crippen molar-refractivity contribution in [2.75, 3.05) is 32.2 Å². The topological polar surface area (TPSA) is 97.8 Å². The SMILES string of the molecule is COc1cc(C)c(S(=O)(=O)N2CCCCC2COCC(=O)Nc2cccc3cnccc23)c(C)c1. The lowest BCUT2D eigenvalue weighted by Crippen LogP contribution is -2.46. The van der Waals surface area contributed by atoms with Crippen LogP contribution < -0.4 is 10.1 Å². The summed E-state index contributed by atoms with van der Waals surface area (Å²) >= 11 is 0. The summed E-state index contributed by atoms with van der Waals surface area (Å²) in [6.07, 6.45) is 5.81. The molecule has 0 radical (unpaired) electrons. The number of sulfonamides is 1. The van der Waals surface area contributed by atoms with Crippen LogP contribution in [0, 0.1) is 13.8 Å². The molecule has 1 N–H and O–H groups in total. The summed E-state index contributed by atoms with van der Waals surface area (Å²) < 4.78 is 39.8. The van der Waals surface area contributed by atoms with E-state index in [1.54, 1.807) is 45.5 Å². The van der Waals surface area contributed by atoms with Crippen LogP contribution >= 0.6 is 0 Å². The van der Waals surface area contributed by atoms with Crippen LogP contribution in [0.3, 0.4) is 0 Å². The summed E-state index contributed by atoms with van der Waals surface area (Å²) in [7, 11) is -2.17. The number of rotatable bonds is 8. The third-order valence-electron chi connectivity index (χ3n) is 6.31. The Kier molecular flexibility index (Phi) is 7.69. The van der Waals surface area contributed by atoms with Gasteiger partial charge in [-0.15, -0.1) is 0 Å². The quantitative estimate of drug-likeness (QED) is 0.504. The summed E-state index contributed by atoms with van der Waals surface area (Å²) in [6, 6.07) is 10.6. The molecule has 1 aliphatic rings. The third kappa shape index (κ3) is 5.47. The van der Waals surface area contributed by atoms with Crippen LogP contribution in [0.15, 0.2) is 53.7 Å². The molecular weight excluding hydrogens is 466 g/mol. The Labute approximate surface area is 206 Å². The van der Waals surface area contributed by atoms with E-state index in [0.717, 1.165) is 23.6 Å². The number of ether oxygens (including phenoxy) is 2. The molecule has 1 saturated heterocycles. The van der Waals surface area contributed by atoms with Gasteiger partial charge in [-0.25, -0.2) is 8.42 Å². The van der Waals surface area contributed by atoms with Crippen LogP contribution in [-0.2, 0) is 19.6 Å². The monoisotopic (exact) mass is 497 g/mol. The van der Waals surface area contributed by atoms with Crippen LogP contribution in [-0.4, -0.2) is 56.5 Å². The van der Waals surface area contributed by atoms with Crippen molar-refractivity contribution in [3.63, 3.8) is 0 Å². The van der Waals surface area contributed by atoms with E-state index in [0.29, 0.717) is 40.4 Å². The van der Waals surface area contributed by atoms with E-state index < -0.39 is 10.0 Å². The Morgan fingerprint density at radius 3 is 2.69 bits per heavy atom. The van der Waals surface area contributed by atoms with Crippen LogP contribution in [0.5, 0.6) is 5.75 Å². The Hall–Kier alpha value is -3.01. The number of hydrogen-bond acceptors (Lipinski definition) is 6. The number of aryl methyl sites for hydroxylation is 2. The number of carbonyl (C=O) groups excluding carboxylic acids is 1. The van der Waals surface area contributed by atoms with Crippen LogP contribution in [0.1, 0.15) is 30.4 Å². The highest BCUT2D eigenvalue weighted by Gasteiger charge is 2.35. The van der Waals surface area contributed by atoms with Gasteiger partial charge < -0.3 is 14.8 Å². The fourth-order valence-corrected chi connectivity index (χ4v) is 6.81. The number of hydrogen-bond donors (Lipinski definition) is 1. The highest BCUT2D eigenvalue weighted by atomic mass is 32.2. The number of nitrogens with one attached hydrogen (secondary N) is 1. The normalized spacial score (nSPS) is 16.8. The average Bonchev–Trinajstić information content (AvgIpc) is 2.84. The fourth-order valence-electron chi connectivity index (χ4n) is 4.72. The number of nitrogens with zero attached hydrogens (tertiary/aromatic N) is 2. The molecule has 1 amide bonds. The molecule has 1 aliphatic heterocycles. The van der Waals surface area contributed by atoms with E-state index in [9.17, 15) is 13.2 Å². The first-order valence-corrected chi connectivity index (χ1v) is 13.1. The van der Waals surface area contributed by atoms with E-state index in [1.807, 2.05) is 24.3 Å². The van der Waals surface area contributed by atoms with Gasteiger partial charge in [0.2, 0.25) is 15.9 Å². The Balaban J connectivity index is 1.43. The maximum atomic E-state index is 13.6. The summed E-state index contributed by atoms with van der Waals surface area (Å²) in [6.45, 7) is 3.99. The summed E-state index contributed by atoms with van der Waals surface area (Å²) in [5.41, 5.74) is 1.99. The van der Waals surface area contributed by atoms with Gasteiger partial charge in [0.05, 0.1) is 18.6 Å². The van der Waals surface area contributed by atoms with E-state index in [-0.39, 0.29) is 25.2 Å². The standard InChI is InChI=1S/C26H31N3O5S/c1-18-13-22(33-3)14-19(2)26(18)35(31,32)29-12-5-4-8-21(29)16-34-17-25(30)28-24-9-6-7-20-15-27-11-10-23(20)24/h6-7,9-11,13-15,21H,4-5,8,12,16-17H2,1-3H3,(H,28,30). The zero-order chi connectivity index (χ0) is 25.0. The third-order valence-corrected chi connectivity index (χ3v) is 8.57. The smallest absolute Gasteiger partial charge is 0.250 e. The zero-order valence-corrected chi connectivity index (χ0v) is 21.1. The first kappa shape index (κ1) is 25.1. The van der Waals surface area contributed by atoms with Gasteiger partial charge in [-0.05, 0) is 62.1 Å². The second-order valence-electron chi connectivity index (χ2n) is 8.82. The molecule has 186 valence electrons. The van der Waals surface area contributed by atoms with Gasteiger partial charge in [-0.2, -0.15) is 4.31 Å². The lowest BCUT2D eigenvalue weighted by molar-refractivity contribution is -0.121. The molecule has 1 fully saturated rings. The molecule has 1 unspecified atom stereocenters. The van der Waals surface area contributed by atoms with Crippen molar-refractivity contribution in [3.8, 4) is 5.75 Å². The summed E-state index contributed by atoms with van der Waals surface area (Å²) in [5, 5.41) is 4.70. The van der Waals surface area contributed by atoms with Crippen LogP contribution in [0.2, 0.25) is 0 Å². The van der Waals surface area contributed by atoms with Crippen molar-refractivity contribution in [3.05, 3.63) is 59.9 Å². The van der Waals surface area contributed by atoms with Crippen LogP contribution in [0.25, 0.3) is 10.8 Å². The number of piperidine rings is 1. The minimum Gasteiger partial charge on any atom is -0.497 e. The first-order chi connectivity index (χ1) is 16.8. The predicted molar refractivity (Wildman–Crippen MR) is 135 cm³/mol. The van der Waals surface area contributed by atoms with Crippen molar-refractivity contribution in [1.29, 1.82) is 0 Å². The summed E-state index contributed by atoms with van der Waals surface area (Å²) in [4.78, 5) is 17.0. The van der Waals surface area contributed by atoms with E-state index in [1.165, 1.54) is 4.31 Å². The van der Waals surface area contributed by atoms with E-state index in [4.69, 9.17) is 9.47 Å². The number of methoxy groups -OCH3 is 1. The molecule has 1 aromatic heterocycles. The number of fused-ring (bicyclic) bond motifs is 1. The number of benzene rings is 2. The molecule has 0 spiro atoms. The zero-order valence-electron chi connectivity index (χ0n) is 20.3. The lowest BCUT2D eigenvalue weighted by Gasteiger charge is -2.35. The minimum absolute atomic E-state index is 0.153. The minimum atomic E-state index is -3.73. The number of anilines is 1. The maximum absolute atomic E-state index is 13.6. The molecule has 2 aromatic carbocycles. The van der Waals surface area contributed by atoms with Crippen molar-refractivity contribution < 1.29 is 22.7 Å². The van der Waals surface area contributed by atoms with E-state index >= 15 is 0 Å². The largest absolute Gasteiger partial charge is 0.497 e. The van der Waals surface area contributed by atoms with Crippen molar-refractivity contribution >= 4 is 32.4 Å². The first-order valence-electron chi connectivity index (χ1n) is 11.7. The predicted octanol–water partition coefficient (Wildman–Crippen LogP) is 4.06. The van der Waals surface area contributed by atoms with Gasteiger partial charge >= 0.3 is 0 Å². The maximum Gasteiger partial charge on any atom is 0.250 e. The van der Waals surface area contributed by atoms with Crippen LogP contribution in [0.4, 0.5) is 5.69 Å². The Morgan fingerprint density at radius 2 is 1.94 bits per heavy atom. The van der Waals surface area contributed by atoms with Crippen molar-refractivity contribution in [1.82, 2.24) is 9.29 Å². The molecule has 2 heterocycles. The average molecular weight is 498 g/mol. The number of aromatic nitrogens is 1. The highest BCUT2D eigenvalue weighted by Crippen LogP contribution is 2.32. The summed E-state index contributed by atoms with van der Waals surface area (Å²) in [5.74, 6) is 0.340. The van der Waals surface area contributed by atoms with Crippen molar-refractivity contribution in [2.24, 2.45) is 0 Å². The molecule has 3 aromatic rings. The Morgan fingerprint density at radius 1 is 1.17 bits per heavy atom. The molecule has 0 bridgehead atoms. The molecule has 0 aliphatic carbocycles. The van der Waals surface area contributed by atoms with Gasteiger partial charge in [0.1, 0.15) is 12.4 Å². The molecule has 8 nitrogen and oxygen atoms in total. The fraction of sp³-hybridized carbons (Fsp3) is 0.385. The van der Waals surface area contributed by atoms with Crippen molar-refractivity contribution in [2.45, 2.75) is 44.0 Å². The van der Waals surface area contributed by atoms with Gasteiger partial charge in [0, 0.05) is 41.4 Å². The van der Waals surface area contributed by atoms with Gasteiger partial charge in [0.15, 0.2) is 0 Å².